The lowest BCUT2D eigenvalue weighted by molar-refractivity contribution is 0.556. The van der Waals surface area contributed by atoms with Crippen molar-refractivity contribution in [3.8, 4) is 0 Å². The minimum Gasteiger partial charge on any atom is -0.316 e. The molecule has 1 aromatic heterocycles. The highest BCUT2D eigenvalue weighted by Crippen LogP contribution is 2.14. The van der Waals surface area contributed by atoms with Gasteiger partial charge in [0.15, 0.2) is 5.16 Å². The third kappa shape index (κ3) is 5.74. The molecule has 1 unspecified atom stereocenters. The SMILES string of the molecule is CCCNCC(C)CSc1ncccn1. The van der Waals surface area contributed by atoms with Crippen LogP contribution in [-0.4, -0.2) is 28.8 Å². The smallest absolute Gasteiger partial charge is 0.187 e. The van der Waals surface area contributed by atoms with E-state index in [1.165, 1.54) is 6.42 Å². The van der Waals surface area contributed by atoms with E-state index in [-0.39, 0.29) is 0 Å². The van der Waals surface area contributed by atoms with Gasteiger partial charge in [0.05, 0.1) is 0 Å². The van der Waals surface area contributed by atoms with Crippen LogP contribution < -0.4 is 5.32 Å². The fraction of sp³-hybridized carbons (Fsp3) is 0.636. The quantitative estimate of drug-likeness (QED) is 0.438. The minimum atomic E-state index is 0.658. The topological polar surface area (TPSA) is 37.8 Å². The molecular formula is C11H19N3S. The first-order valence-electron chi connectivity index (χ1n) is 5.43. The Bertz CT molecular complexity index is 253. The second-order valence-electron chi connectivity index (χ2n) is 3.65. The molecule has 1 atom stereocenters. The van der Waals surface area contributed by atoms with Crippen molar-refractivity contribution >= 4 is 11.8 Å². The van der Waals surface area contributed by atoms with Crippen LogP contribution in [0.3, 0.4) is 0 Å². The van der Waals surface area contributed by atoms with Gasteiger partial charge < -0.3 is 5.32 Å². The van der Waals surface area contributed by atoms with Crippen LogP contribution in [0, 0.1) is 5.92 Å². The van der Waals surface area contributed by atoms with Crippen LogP contribution in [-0.2, 0) is 0 Å². The molecule has 0 saturated heterocycles. The molecular weight excluding hydrogens is 206 g/mol. The first kappa shape index (κ1) is 12.5. The molecule has 1 rings (SSSR count). The molecule has 0 amide bonds. The van der Waals surface area contributed by atoms with Gasteiger partial charge in [-0.3, -0.25) is 0 Å². The zero-order valence-electron chi connectivity index (χ0n) is 9.44. The molecule has 15 heavy (non-hydrogen) atoms. The van der Waals surface area contributed by atoms with Crippen molar-refractivity contribution in [2.45, 2.75) is 25.4 Å². The number of thioether (sulfide) groups is 1. The highest BCUT2D eigenvalue weighted by molar-refractivity contribution is 7.99. The Morgan fingerprint density at radius 1 is 1.40 bits per heavy atom. The summed E-state index contributed by atoms with van der Waals surface area (Å²) in [4.78, 5) is 8.36. The summed E-state index contributed by atoms with van der Waals surface area (Å²) >= 11 is 1.72. The lowest BCUT2D eigenvalue weighted by atomic mass is 10.2. The van der Waals surface area contributed by atoms with E-state index in [0.29, 0.717) is 5.92 Å². The minimum absolute atomic E-state index is 0.658. The molecule has 0 aromatic carbocycles. The van der Waals surface area contributed by atoms with E-state index in [1.807, 2.05) is 6.07 Å². The van der Waals surface area contributed by atoms with Crippen LogP contribution in [0.15, 0.2) is 23.6 Å². The monoisotopic (exact) mass is 225 g/mol. The van der Waals surface area contributed by atoms with Crippen LogP contribution in [0.5, 0.6) is 0 Å². The second kappa shape index (κ2) is 7.65. The van der Waals surface area contributed by atoms with Gasteiger partial charge in [0.2, 0.25) is 0 Å². The predicted molar refractivity (Wildman–Crippen MR) is 65.1 cm³/mol. The summed E-state index contributed by atoms with van der Waals surface area (Å²) in [5, 5.41) is 4.29. The molecule has 0 spiro atoms. The largest absolute Gasteiger partial charge is 0.316 e. The first-order valence-corrected chi connectivity index (χ1v) is 6.42. The Hall–Kier alpha value is -0.610. The lowest BCUT2D eigenvalue weighted by Gasteiger charge is -2.10. The average molecular weight is 225 g/mol. The highest BCUT2D eigenvalue weighted by atomic mass is 32.2. The Labute approximate surface area is 96.1 Å². The highest BCUT2D eigenvalue weighted by Gasteiger charge is 2.03. The van der Waals surface area contributed by atoms with Crippen LogP contribution in [0.4, 0.5) is 0 Å². The fourth-order valence-corrected chi connectivity index (χ4v) is 1.98. The Morgan fingerprint density at radius 3 is 2.80 bits per heavy atom. The number of nitrogens with zero attached hydrogens (tertiary/aromatic N) is 2. The molecule has 0 bridgehead atoms. The van der Waals surface area contributed by atoms with E-state index in [1.54, 1.807) is 24.2 Å². The van der Waals surface area contributed by atoms with Gasteiger partial charge in [-0.2, -0.15) is 0 Å². The van der Waals surface area contributed by atoms with Gasteiger partial charge in [-0.1, -0.05) is 25.6 Å². The van der Waals surface area contributed by atoms with E-state index in [0.717, 1.165) is 24.0 Å². The summed E-state index contributed by atoms with van der Waals surface area (Å²) in [7, 11) is 0. The number of hydrogen-bond acceptors (Lipinski definition) is 4. The molecule has 0 aliphatic rings. The number of nitrogens with one attached hydrogen (secondary N) is 1. The molecule has 4 heteroatoms. The van der Waals surface area contributed by atoms with Crippen LogP contribution in [0.1, 0.15) is 20.3 Å². The van der Waals surface area contributed by atoms with E-state index < -0.39 is 0 Å². The Morgan fingerprint density at radius 2 is 2.13 bits per heavy atom. The first-order chi connectivity index (χ1) is 7.33. The maximum atomic E-state index is 4.18. The van der Waals surface area contributed by atoms with Gasteiger partial charge in [-0.25, -0.2) is 9.97 Å². The number of aromatic nitrogens is 2. The van der Waals surface area contributed by atoms with Crippen LogP contribution >= 0.6 is 11.8 Å². The zero-order chi connectivity index (χ0) is 10.9. The van der Waals surface area contributed by atoms with E-state index >= 15 is 0 Å². The van der Waals surface area contributed by atoms with Crippen molar-refractivity contribution in [3.05, 3.63) is 18.5 Å². The Kier molecular flexibility index (Phi) is 6.36. The average Bonchev–Trinajstić information content (AvgIpc) is 2.28. The summed E-state index contributed by atoms with van der Waals surface area (Å²) in [5.41, 5.74) is 0. The van der Waals surface area contributed by atoms with Gasteiger partial charge in [-0.15, -0.1) is 0 Å². The standard InChI is InChI=1S/C11H19N3S/c1-3-5-12-8-10(2)9-15-11-13-6-4-7-14-11/h4,6-7,10,12H,3,5,8-9H2,1-2H3. The van der Waals surface area contributed by atoms with Gasteiger partial charge in [-0.05, 0) is 31.5 Å². The molecule has 0 aliphatic carbocycles. The summed E-state index contributed by atoms with van der Waals surface area (Å²) in [6.45, 7) is 6.62. The zero-order valence-corrected chi connectivity index (χ0v) is 10.3. The molecule has 0 radical (unpaired) electrons. The molecule has 3 nitrogen and oxygen atoms in total. The van der Waals surface area contributed by atoms with Gasteiger partial charge in [0, 0.05) is 18.1 Å². The predicted octanol–water partition coefficient (Wildman–Crippen LogP) is 2.20. The van der Waals surface area contributed by atoms with Crippen molar-refractivity contribution in [3.63, 3.8) is 0 Å². The van der Waals surface area contributed by atoms with E-state index in [2.05, 4.69) is 29.1 Å². The summed E-state index contributed by atoms with van der Waals surface area (Å²) in [6.07, 6.45) is 4.77. The van der Waals surface area contributed by atoms with Crippen molar-refractivity contribution in [2.75, 3.05) is 18.8 Å². The van der Waals surface area contributed by atoms with Crippen molar-refractivity contribution in [1.82, 2.24) is 15.3 Å². The molecule has 84 valence electrons. The number of hydrogen-bond donors (Lipinski definition) is 1. The normalized spacial score (nSPS) is 12.7. The lowest BCUT2D eigenvalue weighted by Crippen LogP contribution is -2.23. The molecule has 1 aromatic rings. The summed E-state index contributed by atoms with van der Waals surface area (Å²) in [6, 6.07) is 1.84. The van der Waals surface area contributed by atoms with Crippen molar-refractivity contribution in [2.24, 2.45) is 5.92 Å². The van der Waals surface area contributed by atoms with Crippen LogP contribution in [0.25, 0.3) is 0 Å². The third-order valence-corrected chi connectivity index (χ3v) is 3.16. The maximum absolute atomic E-state index is 4.18. The fourth-order valence-electron chi connectivity index (χ4n) is 1.16. The molecule has 0 fully saturated rings. The summed E-state index contributed by atoms with van der Waals surface area (Å²) < 4.78 is 0. The molecule has 0 aliphatic heterocycles. The second-order valence-corrected chi connectivity index (χ2v) is 4.64. The van der Waals surface area contributed by atoms with Crippen LogP contribution in [0.2, 0.25) is 0 Å². The van der Waals surface area contributed by atoms with Crippen molar-refractivity contribution in [1.29, 1.82) is 0 Å². The van der Waals surface area contributed by atoms with Gasteiger partial charge in [0.25, 0.3) is 0 Å². The van der Waals surface area contributed by atoms with E-state index in [9.17, 15) is 0 Å². The van der Waals surface area contributed by atoms with Gasteiger partial charge in [0.1, 0.15) is 0 Å². The molecule has 0 saturated carbocycles. The number of rotatable bonds is 7. The van der Waals surface area contributed by atoms with Gasteiger partial charge >= 0.3 is 0 Å². The molecule has 1 heterocycles. The Balaban J connectivity index is 2.14. The summed E-state index contributed by atoms with van der Waals surface area (Å²) in [5.74, 6) is 1.73. The third-order valence-electron chi connectivity index (χ3n) is 1.96. The van der Waals surface area contributed by atoms with Crippen molar-refractivity contribution < 1.29 is 0 Å². The molecule has 1 N–H and O–H groups in total. The maximum Gasteiger partial charge on any atom is 0.187 e. The van der Waals surface area contributed by atoms with E-state index in [4.69, 9.17) is 0 Å².